The van der Waals surface area contributed by atoms with Crippen LogP contribution in [-0.2, 0) is 9.84 Å². The summed E-state index contributed by atoms with van der Waals surface area (Å²) in [7, 11) is -3.34. The SMILES string of the molecule is CC(C)(C)C1CCCN(c2snc(N)c2S(C)(=O)=O)CC1. The first-order valence-corrected chi connectivity index (χ1v) is 9.97. The highest BCUT2D eigenvalue weighted by atomic mass is 32.2. The molecule has 0 radical (unpaired) electrons. The van der Waals surface area contributed by atoms with Crippen LogP contribution in [0, 0.1) is 11.3 Å². The van der Waals surface area contributed by atoms with Crippen molar-refractivity contribution in [3.8, 4) is 0 Å². The molecule has 1 aromatic heterocycles. The predicted molar refractivity (Wildman–Crippen MR) is 88.6 cm³/mol. The van der Waals surface area contributed by atoms with Gasteiger partial charge < -0.3 is 10.6 Å². The zero-order chi connectivity index (χ0) is 15.8. The number of nitrogen functional groups attached to an aromatic ring is 1. The van der Waals surface area contributed by atoms with E-state index in [1.807, 2.05) is 0 Å². The number of hydrogen-bond donors (Lipinski definition) is 1. The maximum absolute atomic E-state index is 11.9. The number of anilines is 2. The third-order valence-electron chi connectivity index (χ3n) is 4.27. The first kappa shape index (κ1) is 16.5. The molecule has 0 amide bonds. The fourth-order valence-electron chi connectivity index (χ4n) is 3.00. The van der Waals surface area contributed by atoms with Gasteiger partial charge in [0, 0.05) is 19.3 Å². The quantitative estimate of drug-likeness (QED) is 0.902. The second-order valence-electron chi connectivity index (χ2n) is 6.96. The molecular weight excluding hydrogens is 306 g/mol. The Labute approximate surface area is 131 Å². The Hall–Kier alpha value is -0.820. The summed E-state index contributed by atoms with van der Waals surface area (Å²) in [5, 5.41) is 0.713. The summed E-state index contributed by atoms with van der Waals surface area (Å²) in [6.45, 7) is 8.57. The van der Waals surface area contributed by atoms with E-state index in [0.717, 1.165) is 25.9 Å². The van der Waals surface area contributed by atoms with E-state index in [2.05, 4.69) is 30.0 Å². The van der Waals surface area contributed by atoms with Crippen molar-refractivity contribution in [3.63, 3.8) is 0 Å². The molecular formula is C14H25N3O2S2. The smallest absolute Gasteiger partial charge is 0.182 e. The summed E-state index contributed by atoms with van der Waals surface area (Å²) in [6.07, 6.45) is 4.53. The minimum Gasteiger partial charge on any atom is -0.382 e. The minimum atomic E-state index is -3.34. The van der Waals surface area contributed by atoms with Gasteiger partial charge in [-0.1, -0.05) is 20.8 Å². The molecule has 0 spiro atoms. The average Bonchev–Trinajstić information content (AvgIpc) is 2.58. The van der Waals surface area contributed by atoms with Crippen LogP contribution in [-0.4, -0.2) is 32.1 Å². The predicted octanol–water partition coefficient (Wildman–Crippen LogP) is 2.78. The van der Waals surface area contributed by atoms with Crippen LogP contribution in [0.15, 0.2) is 4.90 Å². The maximum Gasteiger partial charge on any atom is 0.182 e. The van der Waals surface area contributed by atoms with Gasteiger partial charge in [-0.25, -0.2) is 8.42 Å². The highest BCUT2D eigenvalue weighted by Gasteiger charge is 2.30. The lowest BCUT2D eigenvalue weighted by Crippen LogP contribution is -2.26. The highest BCUT2D eigenvalue weighted by Crippen LogP contribution is 2.39. The molecule has 2 rings (SSSR count). The van der Waals surface area contributed by atoms with Crippen molar-refractivity contribution in [2.24, 2.45) is 11.3 Å². The molecule has 0 saturated carbocycles. The van der Waals surface area contributed by atoms with E-state index < -0.39 is 9.84 Å². The van der Waals surface area contributed by atoms with Gasteiger partial charge in [-0.3, -0.25) is 0 Å². The summed E-state index contributed by atoms with van der Waals surface area (Å²) in [6, 6.07) is 0. The average molecular weight is 332 g/mol. The summed E-state index contributed by atoms with van der Waals surface area (Å²) < 4.78 is 28.0. The van der Waals surface area contributed by atoms with Crippen LogP contribution >= 0.6 is 11.5 Å². The van der Waals surface area contributed by atoms with Gasteiger partial charge in [-0.15, -0.1) is 0 Å². The third kappa shape index (κ3) is 3.69. The standard InChI is InChI=1S/C14H25N3O2S2/c1-14(2,3)10-6-5-8-17(9-7-10)13-11(21(4,18)19)12(15)16-20-13/h10H,5-9H2,1-4H3,(H2,15,16). The van der Waals surface area contributed by atoms with E-state index >= 15 is 0 Å². The fourth-order valence-corrected chi connectivity index (χ4v) is 5.26. The Bertz CT molecular complexity index is 602. The molecule has 0 aromatic carbocycles. The minimum absolute atomic E-state index is 0.133. The first-order valence-electron chi connectivity index (χ1n) is 7.31. The second kappa shape index (κ2) is 5.76. The number of nitrogens with two attached hydrogens (primary N) is 1. The maximum atomic E-state index is 11.9. The van der Waals surface area contributed by atoms with Crippen molar-refractivity contribution in [1.29, 1.82) is 0 Å². The highest BCUT2D eigenvalue weighted by molar-refractivity contribution is 7.91. The van der Waals surface area contributed by atoms with E-state index in [9.17, 15) is 8.42 Å². The van der Waals surface area contributed by atoms with Gasteiger partial charge in [-0.05, 0) is 42.1 Å². The number of nitrogens with zero attached hydrogens (tertiary/aromatic N) is 2. The van der Waals surface area contributed by atoms with Gasteiger partial charge in [0.1, 0.15) is 9.90 Å². The molecule has 1 atom stereocenters. The summed E-state index contributed by atoms with van der Waals surface area (Å²) >= 11 is 1.20. The molecule has 1 aromatic rings. The molecule has 7 heteroatoms. The Morgan fingerprint density at radius 2 is 1.95 bits per heavy atom. The van der Waals surface area contributed by atoms with Crippen molar-refractivity contribution >= 4 is 32.2 Å². The largest absolute Gasteiger partial charge is 0.382 e. The number of sulfone groups is 1. The lowest BCUT2D eigenvalue weighted by Gasteiger charge is -2.29. The Balaban J connectivity index is 2.25. The molecule has 21 heavy (non-hydrogen) atoms. The first-order chi connectivity index (χ1) is 9.60. The molecule has 120 valence electrons. The van der Waals surface area contributed by atoms with Gasteiger partial charge in [0.15, 0.2) is 15.7 Å². The summed E-state index contributed by atoms with van der Waals surface area (Å²) in [5.41, 5.74) is 6.06. The van der Waals surface area contributed by atoms with Crippen molar-refractivity contribution in [2.45, 2.75) is 44.9 Å². The van der Waals surface area contributed by atoms with E-state index in [1.54, 1.807) is 0 Å². The molecule has 1 unspecified atom stereocenters. The molecule has 0 bridgehead atoms. The van der Waals surface area contributed by atoms with Gasteiger partial charge in [-0.2, -0.15) is 4.37 Å². The molecule has 1 saturated heterocycles. The van der Waals surface area contributed by atoms with Crippen molar-refractivity contribution in [3.05, 3.63) is 0 Å². The Morgan fingerprint density at radius 3 is 2.52 bits per heavy atom. The normalized spacial score (nSPS) is 21.3. The van der Waals surface area contributed by atoms with Crippen LogP contribution in [0.5, 0.6) is 0 Å². The molecule has 2 N–H and O–H groups in total. The number of aromatic nitrogens is 1. The van der Waals surface area contributed by atoms with Crippen LogP contribution in [0.4, 0.5) is 10.8 Å². The number of hydrogen-bond acceptors (Lipinski definition) is 6. The molecule has 1 fully saturated rings. The van der Waals surface area contributed by atoms with E-state index in [-0.39, 0.29) is 10.7 Å². The third-order valence-corrected chi connectivity index (χ3v) is 6.46. The summed E-state index contributed by atoms with van der Waals surface area (Å²) in [5.74, 6) is 0.795. The van der Waals surface area contributed by atoms with Crippen molar-refractivity contribution < 1.29 is 8.42 Å². The van der Waals surface area contributed by atoms with E-state index in [1.165, 1.54) is 24.2 Å². The molecule has 1 aliphatic rings. The molecule has 5 nitrogen and oxygen atoms in total. The summed E-state index contributed by atoms with van der Waals surface area (Å²) in [4.78, 5) is 2.36. The van der Waals surface area contributed by atoms with Gasteiger partial charge in [0.25, 0.3) is 0 Å². The molecule has 0 aliphatic carbocycles. The van der Waals surface area contributed by atoms with Crippen LogP contribution in [0.25, 0.3) is 0 Å². The topological polar surface area (TPSA) is 76.3 Å². The lowest BCUT2D eigenvalue weighted by atomic mass is 9.77. The van der Waals surface area contributed by atoms with Crippen LogP contribution in [0.1, 0.15) is 40.0 Å². The monoisotopic (exact) mass is 331 g/mol. The zero-order valence-electron chi connectivity index (χ0n) is 13.2. The van der Waals surface area contributed by atoms with Gasteiger partial charge in [0.05, 0.1) is 0 Å². The van der Waals surface area contributed by atoms with Crippen LogP contribution < -0.4 is 10.6 Å². The fraction of sp³-hybridized carbons (Fsp3) is 0.786. The molecule has 2 heterocycles. The zero-order valence-corrected chi connectivity index (χ0v) is 14.9. The second-order valence-corrected chi connectivity index (χ2v) is 9.66. The Morgan fingerprint density at radius 1 is 1.29 bits per heavy atom. The Kier molecular flexibility index (Phi) is 4.54. The van der Waals surface area contributed by atoms with Gasteiger partial charge in [0.2, 0.25) is 0 Å². The molecule has 1 aliphatic heterocycles. The van der Waals surface area contributed by atoms with Crippen molar-refractivity contribution in [1.82, 2.24) is 4.37 Å². The number of rotatable bonds is 2. The van der Waals surface area contributed by atoms with Crippen LogP contribution in [0.2, 0.25) is 0 Å². The van der Waals surface area contributed by atoms with E-state index in [0.29, 0.717) is 16.3 Å². The van der Waals surface area contributed by atoms with Crippen molar-refractivity contribution in [2.75, 3.05) is 30.0 Å². The van der Waals surface area contributed by atoms with Gasteiger partial charge >= 0.3 is 0 Å². The lowest BCUT2D eigenvalue weighted by molar-refractivity contribution is 0.220. The van der Waals surface area contributed by atoms with E-state index in [4.69, 9.17) is 5.73 Å². The van der Waals surface area contributed by atoms with Crippen LogP contribution in [0.3, 0.4) is 0 Å².